The van der Waals surface area contributed by atoms with E-state index in [2.05, 4.69) is 22.7 Å². The molecule has 1 aromatic carbocycles. The van der Waals surface area contributed by atoms with E-state index in [0.717, 1.165) is 6.54 Å². The molecule has 0 bridgehead atoms. The van der Waals surface area contributed by atoms with Crippen molar-refractivity contribution < 1.29 is 23.6 Å². The third kappa shape index (κ3) is 5.62. The van der Waals surface area contributed by atoms with Crippen molar-refractivity contribution >= 4 is 17.5 Å². The maximum Gasteiger partial charge on any atom is 0.277 e. The predicted octanol–water partition coefficient (Wildman–Crippen LogP) is 2.33. The zero-order valence-electron chi connectivity index (χ0n) is 18.6. The Labute approximate surface area is 182 Å². The van der Waals surface area contributed by atoms with Crippen LogP contribution in [-0.2, 0) is 4.74 Å². The summed E-state index contributed by atoms with van der Waals surface area (Å²) in [5.74, 6) is 0.579. The Morgan fingerprint density at radius 1 is 1.32 bits per heavy atom. The minimum Gasteiger partial charge on any atom is -0.491 e. The maximum atomic E-state index is 13.2. The number of hydrogen-bond donors (Lipinski definition) is 2. The number of likely N-dealkylation sites (N-methyl/N-ethyl adjacent to an activating group) is 1. The van der Waals surface area contributed by atoms with E-state index in [1.54, 1.807) is 50.2 Å². The first-order valence-corrected chi connectivity index (χ1v) is 10.3. The molecule has 0 aliphatic carbocycles. The second kappa shape index (κ2) is 9.93. The van der Waals surface area contributed by atoms with Gasteiger partial charge in [0.15, 0.2) is 5.69 Å². The number of fused-ring (bicyclic) bond motifs is 1. The first-order valence-electron chi connectivity index (χ1n) is 10.3. The van der Waals surface area contributed by atoms with Crippen LogP contribution in [0.25, 0.3) is 0 Å². The average Bonchev–Trinajstić information content (AvgIpc) is 3.19. The standard InChI is InChI=1S/C22H30N4O5/c1-13-10-23-14(2)12-30-19-7-6-16(24-21(27)18-8-15(3)31-25-18)9-17(19)22(28)26(4)11-20(13)29-5/h6-9,13-14,20,23H,10-12H2,1-5H3,(H,24,27)/t13-,14-,20+/m0/s1. The molecule has 168 valence electrons. The summed E-state index contributed by atoms with van der Waals surface area (Å²) in [5.41, 5.74) is 0.998. The van der Waals surface area contributed by atoms with E-state index in [-0.39, 0.29) is 29.7 Å². The Kier molecular flexibility index (Phi) is 7.29. The van der Waals surface area contributed by atoms with Crippen molar-refractivity contribution in [2.24, 2.45) is 5.92 Å². The van der Waals surface area contributed by atoms with Crippen molar-refractivity contribution in [3.05, 3.63) is 41.3 Å². The fourth-order valence-electron chi connectivity index (χ4n) is 3.41. The topological polar surface area (TPSA) is 106 Å². The fraction of sp³-hybridized carbons (Fsp3) is 0.500. The molecule has 1 aromatic heterocycles. The van der Waals surface area contributed by atoms with Gasteiger partial charge in [0.25, 0.3) is 11.8 Å². The molecule has 9 nitrogen and oxygen atoms in total. The largest absolute Gasteiger partial charge is 0.491 e. The molecule has 0 fully saturated rings. The van der Waals surface area contributed by atoms with E-state index in [0.29, 0.717) is 35.9 Å². The van der Waals surface area contributed by atoms with E-state index in [1.165, 1.54) is 0 Å². The van der Waals surface area contributed by atoms with E-state index in [1.807, 2.05) is 6.92 Å². The van der Waals surface area contributed by atoms with Crippen molar-refractivity contribution in [2.75, 3.05) is 39.2 Å². The number of benzene rings is 1. The molecule has 9 heteroatoms. The summed E-state index contributed by atoms with van der Waals surface area (Å²) in [7, 11) is 3.39. The molecule has 2 N–H and O–H groups in total. The lowest BCUT2D eigenvalue weighted by Gasteiger charge is -2.30. The fourth-order valence-corrected chi connectivity index (χ4v) is 3.41. The van der Waals surface area contributed by atoms with E-state index < -0.39 is 5.91 Å². The molecule has 2 aromatic rings. The van der Waals surface area contributed by atoms with Gasteiger partial charge in [0.1, 0.15) is 18.1 Å². The number of carbonyl (C=O) groups excluding carboxylic acids is 2. The van der Waals surface area contributed by atoms with Gasteiger partial charge in [0.05, 0.1) is 11.7 Å². The van der Waals surface area contributed by atoms with Gasteiger partial charge in [-0.2, -0.15) is 0 Å². The highest BCUT2D eigenvalue weighted by Crippen LogP contribution is 2.26. The van der Waals surface area contributed by atoms with E-state index >= 15 is 0 Å². The first-order chi connectivity index (χ1) is 14.8. The van der Waals surface area contributed by atoms with Crippen LogP contribution in [0.1, 0.15) is 40.5 Å². The molecule has 2 amide bonds. The summed E-state index contributed by atoms with van der Waals surface area (Å²) < 4.78 is 16.5. The molecule has 1 aliphatic heterocycles. The van der Waals surface area contributed by atoms with Crippen LogP contribution in [0.5, 0.6) is 5.75 Å². The number of amides is 2. The number of carbonyl (C=O) groups is 2. The second-order valence-corrected chi connectivity index (χ2v) is 8.05. The van der Waals surface area contributed by atoms with Crippen LogP contribution < -0.4 is 15.4 Å². The number of ether oxygens (including phenoxy) is 2. The third-order valence-electron chi connectivity index (χ3n) is 5.34. The zero-order chi connectivity index (χ0) is 22.5. The molecule has 0 radical (unpaired) electrons. The van der Waals surface area contributed by atoms with Gasteiger partial charge in [-0.25, -0.2) is 0 Å². The summed E-state index contributed by atoms with van der Waals surface area (Å²) in [6.45, 7) is 7.42. The SMILES string of the molecule is CO[C@@H]1CN(C)C(=O)c2cc(NC(=O)c3cc(C)on3)ccc2OC[C@H](C)NC[C@@H]1C. The maximum absolute atomic E-state index is 13.2. The molecular weight excluding hydrogens is 400 g/mol. The third-order valence-corrected chi connectivity index (χ3v) is 5.34. The molecule has 3 rings (SSSR count). The first kappa shape index (κ1) is 22.8. The Hall–Kier alpha value is -2.91. The smallest absolute Gasteiger partial charge is 0.277 e. The normalized spacial score (nSPS) is 22.7. The van der Waals surface area contributed by atoms with Gasteiger partial charge in [0, 0.05) is 45.0 Å². The summed E-state index contributed by atoms with van der Waals surface area (Å²) in [5, 5.41) is 9.92. The predicted molar refractivity (Wildman–Crippen MR) is 116 cm³/mol. The number of rotatable bonds is 3. The Bertz CT molecular complexity index is 928. The number of methoxy groups -OCH3 is 1. The van der Waals surface area contributed by atoms with Crippen molar-refractivity contribution in [2.45, 2.75) is 32.9 Å². The quantitative estimate of drug-likeness (QED) is 0.770. The monoisotopic (exact) mass is 430 g/mol. The lowest BCUT2D eigenvalue weighted by atomic mass is 10.0. The van der Waals surface area contributed by atoms with Crippen LogP contribution in [0.4, 0.5) is 5.69 Å². The van der Waals surface area contributed by atoms with Gasteiger partial charge >= 0.3 is 0 Å². The minimum atomic E-state index is -0.419. The summed E-state index contributed by atoms with van der Waals surface area (Å²) >= 11 is 0. The number of aryl methyl sites for hydroxylation is 1. The minimum absolute atomic E-state index is 0.0925. The molecule has 0 unspecified atom stereocenters. The van der Waals surface area contributed by atoms with Crippen LogP contribution in [0, 0.1) is 12.8 Å². The molecule has 0 saturated heterocycles. The van der Waals surface area contributed by atoms with Crippen LogP contribution >= 0.6 is 0 Å². The van der Waals surface area contributed by atoms with E-state index in [4.69, 9.17) is 14.0 Å². The average molecular weight is 431 g/mol. The molecule has 0 spiro atoms. The van der Waals surface area contributed by atoms with Crippen LogP contribution in [0.2, 0.25) is 0 Å². The van der Waals surface area contributed by atoms with Gasteiger partial charge in [-0.15, -0.1) is 0 Å². The summed E-state index contributed by atoms with van der Waals surface area (Å²) in [6, 6.07) is 6.65. The lowest BCUT2D eigenvalue weighted by Crippen LogP contribution is -2.44. The van der Waals surface area contributed by atoms with Crippen molar-refractivity contribution in [3.63, 3.8) is 0 Å². The lowest BCUT2D eigenvalue weighted by molar-refractivity contribution is 0.0281. The van der Waals surface area contributed by atoms with E-state index in [9.17, 15) is 9.59 Å². The highest BCUT2D eigenvalue weighted by atomic mass is 16.5. The molecule has 1 aliphatic rings. The van der Waals surface area contributed by atoms with Crippen LogP contribution in [0.3, 0.4) is 0 Å². The molecule has 0 saturated carbocycles. The molecule has 31 heavy (non-hydrogen) atoms. The van der Waals surface area contributed by atoms with Gasteiger partial charge in [-0.05, 0) is 38.0 Å². The van der Waals surface area contributed by atoms with Crippen molar-refractivity contribution in [3.8, 4) is 5.75 Å². The Morgan fingerprint density at radius 3 is 2.77 bits per heavy atom. The number of anilines is 1. The zero-order valence-corrected chi connectivity index (χ0v) is 18.6. The summed E-state index contributed by atoms with van der Waals surface area (Å²) in [4.78, 5) is 27.3. The van der Waals surface area contributed by atoms with Gasteiger partial charge in [-0.1, -0.05) is 12.1 Å². The number of hydrogen-bond acceptors (Lipinski definition) is 7. The molecule has 2 heterocycles. The summed E-state index contributed by atoms with van der Waals surface area (Å²) in [6.07, 6.45) is -0.115. The van der Waals surface area contributed by atoms with Crippen molar-refractivity contribution in [1.29, 1.82) is 0 Å². The van der Waals surface area contributed by atoms with Crippen LogP contribution in [-0.4, -0.2) is 67.9 Å². The molecular formula is C22H30N4O5. The Balaban J connectivity index is 1.88. The highest BCUT2D eigenvalue weighted by molar-refractivity contribution is 6.04. The second-order valence-electron chi connectivity index (χ2n) is 8.05. The van der Waals surface area contributed by atoms with Gasteiger partial charge in [-0.3, -0.25) is 9.59 Å². The number of nitrogens with zero attached hydrogens (tertiary/aromatic N) is 2. The van der Waals surface area contributed by atoms with Gasteiger partial charge in [0.2, 0.25) is 0 Å². The van der Waals surface area contributed by atoms with Crippen molar-refractivity contribution in [1.82, 2.24) is 15.4 Å². The highest BCUT2D eigenvalue weighted by Gasteiger charge is 2.26. The number of aromatic nitrogens is 1. The Morgan fingerprint density at radius 2 is 2.10 bits per heavy atom. The van der Waals surface area contributed by atoms with Crippen LogP contribution in [0.15, 0.2) is 28.8 Å². The van der Waals surface area contributed by atoms with Gasteiger partial charge < -0.3 is 29.5 Å². The number of nitrogens with one attached hydrogen (secondary N) is 2. The molecule has 3 atom stereocenters.